The van der Waals surface area contributed by atoms with Crippen molar-refractivity contribution in [1.82, 2.24) is 0 Å². The van der Waals surface area contributed by atoms with Gasteiger partial charge in [-0.1, -0.05) is 25.0 Å². The molecule has 5 aliphatic rings. The largest absolute Gasteiger partial charge is 0.353 e. The van der Waals surface area contributed by atoms with Crippen LogP contribution in [0.3, 0.4) is 0 Å². The van der Waals surface area contributed by atoms with Gasteiger partial charge in [-0.05, 0) is 32.4 Å². The highest BCUT2D eigenvalue weighted by molar-refractivity contribution is 6.05. The van der Waals surface area contributed by atoms with E-state index in [1.807, 2.05) is 11.9 Å². The maximum Gasteiger partial charge on any atom is 0.353 e. The van der Waals surface area contributed by atoms with Crippen molar-refractivity contribution in [1.29, 1.82) is 0 Å². The number of hydrogen-bond acceptors (Lipinski definition) is 2. The molecule has 5 nitrogen and oxygen atoms in total. The van der Waals surface area contributed by atoms with Crippen molar-refractivity contribution in [3.63, 3.8) is 0 Å². The number of nitrogens with one attached hydrogen (secondary N) is 2. The first-order chi connectivity index (χ1) is 12.3. The lowest BCUT2D eigenvalue weighted by molar-refractivity contribution is -1.20. The molecule has 2 unspecified atom stereocenters. The predicted octanol–water partition coefficient (Wildman–Crippen LogP) is -0.703. The summed E-state index contributed by atoms with van der Waals surface area (Å²) in [7, 11) is 1.91. The molecule has 1 aromatic rings. The monoisotopic (exact) mass is 355 g/mol. The maximum absolute atomic E-state index is 13.6. The highest BCUT2D eigenvalue weighted by atomic mass is 16.2. The highest BCUT2D eigenvalue weighted by Gasteiger charge is 2.79. The zero-order chi connectivity index (χ0) is 18.5. The lowest BCUT2D eigenvalue weighted by Gasteiger charge is -2.62. The van der Waals surface area contributed by atoms with Gasteiger partial charge in [0.2, 0.25) is 0 Å². The van der Waals surface area contributed by atoms with Crippen LogP contribution in [0, 0.1) is 17.8 Å². The molecule has 1 aromatic carbocycles. The molecular formula is C21H29N3O2+2. The number of ketones is 1. The lowest BCUT2D eigenvalue weighted by atomic mass is 9.58. The van der Waals surface area contributed by atoms with Crippen molar-refractivity contribution < 1.29 is 19.4 Å². The van der Waals surface area contributed by atoms with Crippen LogP contribution in [0.1, 0.15) is 37.8 Å². The molecule has 0 aliphatic carbocycles. The van der Waals surface area contributed by atoms with Gasteiger partial charge in [0, 0.05) is 7.05 Å². The quantitative estimate of drug-likeness (QED) is 0.737. The summed E-state index contributed by atoms with van der Waals surface area (Å²) < 4.78 is 0. The molecule has 6 rings (SSSR count). The van der Waals surface area contributed by atoms with Crippen LogP contribution in [0.2, 0.25) is 0 Å². The molecule has 26 heavy (non-hydrogen) atoms. The van der Waals surface area contributed by atoms with Crippen LogP contribution < -0.4 is 14.7 Å². The number of carbonyl (C=O) groups is 2. The van der Waals surface area contributed by atoms with Gasteiger partial charge in [0.25, 0.3) is 0 Å². The fourth-order valence-corrected chi connectivity index (χ4v) is 6.92. The van der Waals surface area contributed by atoms with Crippen molar-refractivity contribution in [3.05, 3.63) is 29.3 Å². The SMILES string of the molecule is CCCC12C[NH+]3CC(C)(C[NH+](C1)C31C(=O)N(C)c3ccc(C)cc31)C2=O. The van der Waals surface area contributed by atoms with Crippen LogP contribution in [-0.4, -0.2) is 44.9 Å². The summed E-state index contributed by atoms with van der Waals surface area (Å²) in [4.78, 5) is 31.5. The Kier molecular flexibility index (Phi) is 3.01. The predicted molar refractivity (Wildman–Crippen MR) is 98.1 cm³/mol. The Bertz CT molecular complexity index is 830. The van der Waals surface area contributed by atoms with Gasteiger partial charge in [0.15, 0.2) is 5.78 Å². The Morgan fingerprint density at radius 3 is 2.38 bits per heavy atom. The molecule has 5 heteroatoms. The molecule has 0 radical (unpaired) electrons. The molecule has 2 N–H and O–H groups in total. The van der Waals surface area contributed by atoms with E-state index in [0.29, 0.717) is 5.78 Å². The molecule has 1 amide bonds. The summed E-state index contributed by atoms with van der Waals surface area (Å²) in [6.07, 6.45) is 1.98. The molecule has 4 fully saturated rings. The van der Waals surface area contributed by atoms with Gasteiger partial charge in [-0.15, -0.1) is 0 Å². The molecule has 5 heterocycles. The summed E-state index contributed by atoms with van der Waals surface area (Å²) in [6.45, 7) is 9.61. The second kappa shape index (κ2) is 4.76. The van der Waals surface area contributed by atoms with Crippen molar-refractivity contribution in [2.24, 2.45) is 10.8 Å². The number of aryl methyl sites for hydroxylation is 1. The van der Waals surface area contributed by atoms with Crippen LogP contribution in [0.5, 0.6) is 0 Å². The molecule has 4 saturated heterocycles. The number of likely N-dealkylation sites (N-methyl/N-ethyl adjacent to an activating group) is 1. The first-order valence-electron chi connectivity index (χ1n) is 9.93. The third-order valence-electron chi connectivity index (χ3n) is 7.67. The smallest absolute Gasteiger partial charge is 0.303 e. The van der Waals surface area contributed by atoms with Crippen molar-refractivity contribution in [3.8, 4) is 0 Å². The molecule has 0 aromatic heterocycles. The number of anilines is 1. The zero-order valence-electron chi connectivity index (χ0n) is 16.2. The van der Waals surface area contributed by atoms with Crippen LogP contribution in [0.25, 0.3) is 0 Å². The van der Waals surface area contributed by atoms with Gasteiger partial charge in [-0.25, -0.2) is 0 Å². The van der Waals surface area contributed by atoms with E-state index in [9.17, 15) is 9.59 Å². The minimum absolute atomic E-state index is 0.213. The van der Waals surface area contributed by atoms with Crippen molar-refractivity contribution in [2.45, 2.75) is 39.3 Å². The number of piperidine rings is 2. The third-order valence-corrected chi connectivity index (χ3v) is 7.67. The van der Waals surface area contributed by atoms with Crippen LogP contribution in [0.15, 0.2) is 18.2 Å². The zero-order valence-corrected chi connectivity index (χ0v) is 16.2. The fourth-order valence-electron chi connectivity index (χ4n) is 6.92. The Morgan fingerprint density at radius 1 is 1.12 bits per heavy atom. The second-order valence-corrected chi connectivity index (χ2v) is 9.47. The summed E-state index contributed by atoms with van der Waals surface area (Å²) in [5.41, 5.74) is 2.36. The van der Waals surface area contributed by atoms with E-state index in [1.165, 1.54) is 20.9 Å². The molecule has 2 atom stereocenters. The molecular weight excluding hydrogens is 326 g/mol. The number of amides is 1. The number of rotatable bonds is 2. The molecule has 4 bridgehead atoms. The van der Waals surface area contributed by atoms with Gasteiger partial charge in [-0.2, -0.15) is 0 Å². The van der Waals surface area contributed by atoms with Crippen LogP contribution in [0.4, 0.5) is 5.69 Å². The number of nitrogens with zero attached hydrogens (tertiary/aromatic N) is 1. The first-order valence-corrected chi connectivity index (χ1v) is 9.93. The Labute approximate surface area is 154 Å². The molecule has 1 spiro atoms. The topological polar surface area (TPSA) is 46.3 Å². The average molecular weight is 355 g/mol. The third kappa shape index (κ3) is 1.61. The fraction of sp³-hybridized carbons (Fsp3) is 0.619. The van der Waals surface area contributed by atoms with Crippen molar-refractivity contribution in [2.75, 3.05) is 38.1 Å². The number of quaternary nitrogens is 2. The number of Topliss-reactive ketones (excluding diaryl/α,β-unsaturated/α-hetero) is 1. The second-order valence-electron chi connectivity index (χ2n) is 9.47. The Morgan fingerprint density at radius 2 is 1.77 bits per heavy atom. The summed E-state index contributed by atoms with van der Waals surface area (Å²) in [6, 6.07) is 6.41. The number of hydrogen-bond donors (Lipinski definition) is 2. The number of carbonyl (C=O) groups excluding carboxylic acids is 2. The summed E-state index contributed by atoms with van der Waals surface area (Å²) >= 11 is 0. The van der Waals surface area contributed by atoms with Gasteiger partial charge < -0.3 is 4.90 Å². The number of benzene rings is 1. The average Bonchev–Trinajstić information content (AvgIpc) is 2.78. The molecule has 5 aliphatic heterocycles. The molecule has 0 saturated carbocycles. The van der Waals surface area contributed by atoms with E-state index in [4.69, 9.17) is 0 Å². The minimum atomic E-state index is -0.548. The van der Waals surface area contributed by atoms with E-state index < -0.39 is 5.66 Å². The Hall–Kier alpha value is -1.72. The molecule has 138 valence electrons. The lowest BCUT2D eigenvalue weighted by Crippen LogP contribution is -3.48. The van der Waals surface area contributed by atoms with Gasteiger partial charge in [0.1, 0.15) is 42.6 Å². The minimum Gasteiger partial charge on any atom is -0.303 e. The maximum atomic E-state index is 13.6. The van der Waals surface area contributed by atoms with E-state index in [0.717, 1.165) is 44.7 Å². The summed E-state index contributed by atoms with van der Waals surface area (Å²) in [5, 5.41) is 0. The van der Waals surface area contributed by atoms with Crippen molar-refractivity contribution >= 4 is 17.4 Å². The van der Waals surface area contributed by atoms with E-state index in [1.54, 1.807) is 0 Å². The number of fused-ring (bicyclic) bond motifs is 1. The summed E-state index contributed by atoms with van der Waals surface area (Å²) in [5.74, 6) is 0.682. The van der Waals surface area contributed by atoms with E-state index in [2.05, 4.69) is 39.0 Å². The standard InChI is InChI=1S/C21H27N3O2/c1-5-8-20-12-23-10-19(3,17(20)25)11-24(13-20)21(23)15-9-14(2)6-7-16(15)22(4)18(21)26/h6-7,9H,5,8,10-13H2,1-4H3/p+2. The van der Waals surface area contributed by atoms with Gasteiger partial charge in [0.05, 0.1) is 5.69 Å². The van der Waals surface area contributed by atoms with Gasteiger partial charge >= 0.3 is 11.6 Å². The van der Waals surface area contributed by atoms with Gasteiger partial charge in [-0.3, -0.25) is 19.4 Å². The normalized spacial score (nSPS) is 42.8. The van der Waals surface area contributed by atoms with E-state index >= 15 is 0 Å². The first kappa shape index (κ1) is 16.5. The van der Waals surface area contributed by atoms with E-state index in [-0.39, 0.29) is 16.7 Å². The van der Waals surface area contributed by atoms with Crippen LogP contribution in [-0.2, 0) is 15.3 Å². The highest BCUT2D eigenvalue weighted by Crippen LogP contribution is 2.44. The Balaban J connectivity index is 1.72. The van der Waals surface area contributed by atoms with Crippen LogP contribution >= 0.6 is 0 Å².